The number of amides is 1. The molecule has 2 N–H and O–H groups in total. The van der Waals surface area contributed by atoms with E-state index in [1.54, 1.807) is 6.07 Å². The van der Waals surface area contributed by atoms with E-state index in [9.17, 15) is 4.79 Å². The molecular formula is C16H19N3O2. The Bertz CT molecular complexity index is 672. The van der Waals surface area contributed by atoms with Crippen molar-refractivity contribution >= 4 is 22.6 Å². The van der Waals surface area contributed by atoms with Crippen LogP contribution < -0.4 is 5.73 Å². The average molecular weight is 285 g/mol. The van der Waals surface area contributed by atoms with Gasteiger partial charge in [0.15, 0.2) is 0 Å². The van der Waals surface area contributed by atoms with Crippen molar-refractivity contribution in [2.24, 2.45) is 0 Å². The second-order valence-corrected chi connectivity index (χ2v) is 5.40. The predicted molar refractivity (Wildman–Crippen MR) is 82.1 cm³/mol. The summed E-state index contributed by atoms with van der Waals surface area (Å²) in [5.41, 5.74) is 7.21. The second kappa shape index (κ2) is 5.69. The molecule has 0 saturated carbocycles. The maximum atomic E-state index is 12.9. The summed E-state index contributed by atoms with van der Waals surface area (Å²) in [5, 5.41) is 0.842. The Morgan fingerprint density at radius 3 is 3.10 bits per heavy atom. The number of carbonyl (C=O) groups excluding carboxylic acids is 1. The Morgan fingerprint density at radius 1 is 1.43 bits per heavy atom. The van der Waals surface area contributed by atoms with Gasteiger partial charge < -0.3 is 15.4 Å². The molecule has 1 saturated heterocycles. The molecule has 0 radical (unpaired) electrons. The molecule has 1 unspecified atom stereocenters. The summed E-state index contributed by atoms with van der Waals surface area (Å²) >= 11 is 0. The van der Waals surface area contributed by atoms with Crippen molar-refractivity contribution < 1.29 is 9.53 Å². The number of nitrogens with two attached hydrogens (primary N) is 1. The van der Waals surface area contributed by atoms with Crippen LogP contribution in [0.25, 0.3) is 10.9 Å². The highest BCUT2D eigenvalue weighted by atomic mass is 16.5. The third-order valence-electron chi connectivity index (χ3n) is 3.71. The molecule has 1 aromatic heterocycles. The van der Waals surface area contributed by atoms with Gasteiger partial charge >= 0.3 is 0 Å². The van der Waals surface area contributed by atoms with Crippen LogP contribution in [0.4, 0.5) is 5.82 Å². The SMILES string of the molecule is CC1CN(C(=O)c2cc(N)nc3ccccc23)CCCO1. The molecule has 5 nitrogen and oxygen atoms in total. The van der Waals surface area contributed by atoms with Gasteiger partial charge in [-0.05, 0) is 25.5 Å². The molecule has 1 aliphatic heterocycles. The number of aromatic nitrogens is 1. The van der Waals surface area contributed by atoms with Gasteiger partial charge in [0.2, 0.25) is 0 Å². The molecule has 0 bridgehead atoms. The lowest BCUT2D eigenvalue weighted by Gasteiger charge is -2.23. The van der Waals surface area contributed by atoms with E-state index in [2.05, 4.69) is 4.98 Å². The van der Waals surface area contributed by atoms with E-state index in [1.165, 1.54) is 0 Å². The fraction of sp³-hybridized carbons (Fsp3) is 0.375. The van der Waals surface area contributed by atoms with Crippen LogP contribution in [0, 0.1) is 0 Å². The lowest BCUT2D eigenvalue weighted by atomic mass is 10.1. The summed E-state index contributed by atoms with van der Waals surface area (Å²) in [6.45, 7) is 4.00. The zero-order valence-corrected chi connectivity index (χ0v) is 12.1. The maximum absolute atomic E-state index is 12.9. The van der Waals surface area contributed by atoms with Gasteiger partial charge in [-0.15, -0.1) is 0 Å². The number of benzene rings is 1. The smallest absolute Gasteiger partial charge is 0.254 e. The highest BCUT2D eigenvalue weighted by Gasteiger charge is 2.23. The first-order chi connectivity index (χ1) is 10.1. The van der Waals surface area contributed by atoms with Crippen LogP contribution in [-0.4, -0.2) is 41.6 Å². The minimum atomic E-state index is -0.00218. The van der Waals surface area contributed by atoms with Crippen molar-refractivity contribution in [1.29, 1.82) is 0 Å². The third-order valence-corrected chi connectivity index (χ3v) is 3.71. The number of hydrogen-bond donors (Lipinski definition) is 1. The monoisotopic (exact) mass is 285 g/mol. The van der Waals surface area contributed by atoms with Gasteiger partial charge in [0, 0.05) is 25.1 Å². The number of anilines is 1. The van der Waals surface area contributed by atoms with Crippen molar-refractivity contribution in [3.8, 4) is 0 Å². The zero-order chi connectivity index (χ0) is 14.8. The first-order valence-corrected chi connectivity index (χ1v) is 7.21. The topological polar surface area (TPSA) is 68.5 Å². The molecule has 21 heavy (non-hydrogen) atoms. The van der Waals surface area contributed by atoms with Gasteiger partial charge in [-0.1, -0.05) is 18.2 Å². The highest BCUT2D eigenvalue weighted by Crippen LogP contribution is 2.22. The van der Waals surface area contributed by atoms with Crippen molar-refractivity contribution in [2.45, 2.75) is 19.4 Å². The van der Waals surface area contributed by atoms with Crippen LogP contribution in [0.5, 0.6) is 0 Å². The molecule has 3 rings (SSSR count). The Morgan fingerprint density at radius 2 is 2.24 bits per heavy atom. The standard InChI is InChI=1S/C16H19N3O2/c1-11-10-19(7-4-8-21-11)16(20)13-9-15(17)18-14-6-3-2-5-12(13)14/h2-3,5-6,9,11H,4,7-8,10H2,1H3,(H2,17,18). The van der Waals surface area contributed by atoms with E-state index in [1.807, 2.05) is 36.1 Å². The Labute approximate surface area is 123 Å². The van der Waals surface area contributed by atoms with Crippen LogP contribution >= 0.6 is 0 Å². The third kappa shape index (κ3) is 2.83. The van der Waals surface area contributed by atoms with Crippen LogP contribution in [0.2, 0.25) is 0 Å². The van der Waals surface area contributed by atoms with Gasteiger partial charge in [-0.3, -0.25) is 4.79 Å². The predicted octanol–water partition coefficient (Wildman–Crippen LogP) is 2.07. The summed E-state index contributed by atoms with van der Waals surface area (Å²) < 4.78 is 5.60. The van der Waals surface area contributed by atoms with Gasteiger partial charge in [-0.25, -0.2) is 4.98 Å². The summed E-state index contributed by atoms with van der Waals surface area (Å²) in [5.74, 6) is 0.369. The molecule has 1 atom stereocenters. The molecule has 2 heterocycles. The molecule has 2 aromatic rings. The average Bonchev–Trinajstić information content (AvgIpc) is 2.70. The lowest BCUT2D eigenvalue weighted by molar-refractivity contribution is 0.0564. The van der Waals surface area contributed by atoms with Crippen molar-refractivity contribution in [3.63, 3.8) is 0 Å². The molecule has 1 fully saturated rings. The molecular weight excluding hydrogens is 266 g/mol. The number of nitrogens with zero attached hydrogens (tertiary/aromatic N) is 2. The maximum Gasteiger partial charge on any atom is 0.254 e. The number of ether oxygens (including phenoxy) is 1. The minimum absolute atomic E-state index is 0.00218. The summed E-state index contributed by atoms with van der Waals surface area (Å²) in [6.07, 6.45) is 0.913. The fourth-order valence-corrected chi connectivity index (χ4v) is 2.72. The summed E-state index contributed by atoms with van der Waals surface area (Å²) in [4.78, 5) is 19.0. The Kier molecular flexibility index (Phi) is 3.75. The summed E-state index contributed by atoms with van der Waals surface area (Å²) in [7, 11) is 0. The largest absolute Gasteiger partial charge is 0.384 e. The van der Waals surface area contributed by atoms with Crippen LogP contribution in [0.1, 0.15) is 23.7 Å². The van der Waals surface area contributed by atoms with Crippen LogP contribution in [0.15, 0.2) is 30.3 Å². The first kappa shape index (κ1) is 13.8. The zero-order valence-electron chi connectivity index (χ0n) is 12.1. The molecule has 1 amide bonds. The number of rotatable bonds is 1. The van der Waals surface area contributed by atoms with E-state index < -0.39 is 0 Å². The second-order valence-electron chi connectivity index (χ2n) is 5.40. The van der Waals surface area contributed by atoms with Gasteiger partial charge in [0.25, 0.3) is 5.91 Å². The number of hydrogen-bond acceptors (Lipinski definition) is 4. The number of carbonyl (C=O) groups is 1. The molecule has 110 valence electrons. The Balaban J connectivity index is 2.00. The lowest BCUT2D eigenvalue weighted by Crippen LogP contribution is -2.36. The molecule has 1 aromatic carbocycles. The Hall–Kier alpha value is -2.14. The number of pyridine rings is 1. The fourth-order valence-electron chi connectivity index (χ4n) is 2.72. The van der Waals surface area contributed by atoms with Crippen molar-refractivity contribution in [3.05, 3.63) is 35.9 Å². The van der Waals surface area contributed by atoms with Gasteiger partial charge in [0.1, 0.15) is 5.82 Å². The van der Waals surface area contributed by atoms with E-state index in [0.29, 0.717) is 31.1 Å². The highest BCUT2D eigenvalue weighted by molar-refractivity contribution is 6.06. The van der Waals surface area contributed by atoms with Crippen LogP contribution in [-0.2, 0) is 4.74 Å². The first-order valence-electron chi connectivity index (χ1n) is 7.21. The van der Waals surface area contributed by atoms with E-state index in [4.69, 9.17) is 10.5 Å². The molecule has 5 heteroatoms. The molecule has 0 spiro atoms. The normalized spacial score (nSPS) is 19.5. The van der Waals surface area contributed by atoms with Crippen molar-refractivity contribution in [1.82, 2.24) is 9.88 Å². The number of para-hydroxylation sites is 1. The van der Waals surface area contributed by atoms with E-state index in [-0.39, 0.29) is 12.0 Å². The summed E-state index contributed by atoms with van der Waals surface area (Å²) in [6, 6.07) is 9.25. The quantitative estimate of drug-likeness (QED) is 0.871. The van der Waals surface area contributed by atoms with E-state index in [0.717, 1.165) is 17.3 Å². The van der Waals surface area contributed by atoms with Crippen LogP contribution in [0.3, 0.4) is 0 Å². The van der Waals surface area contributed by atoms with Crippen molar-refractivity contribution in [2.75, 3.05) is 25.4 Å². The van der Waals surface area contributed by atoms with Gasteiger partial charge in [0.05, 0.1) is 17.2 Å². The molecule has 0 aliphatic carbocycles. The van der Waals surface area contributed by atoms with Gasteiger partial charge in [-0.2, -0.15) is 0 Å². The number of fused-ring (bicyclic) bond motifs is 1. The minimum Gasteiger partial charge on any atom is -0.384 e. The van der Waals surface area contributed by atoms with E-state index >= 15 is 0 Å². The number of nitrogen functional groups attached to an aromatic ring is 1. The molecule has 1 aliphatic rings.